The molecule has 1 heterocycles. The average molecular weight is 273 g/mol. The van der Waals surface area contributed by atoms with Crippen molar-refractivity contribution >= 4 is 17.6 Å². The van der Waals surface area contributed by atoms with Crippen LogP contribution in [-0.2, 0) is 9.53 Å². The number of fused-ring (bicyclic) bond motifs is 1. The first-order valence-corrected chi connectivity index (χ1v) is 5.78. The Kier molecular flexibility index (Phi) is 3.63. The maximum Gasteiger partial charge on any atom is 0.339 e. The Bertz CT molecular complexity index is 486. The van der Waals surface area contributed by atoms with Crippen LogP contribution in [0.25, 0.3) is 0 Å². The molecule has 0 saturated heterocycles. The molecule has 6 heteroatoms. The maximum absolute atomic E-state index is 11.4. The Hall–Kier alpha value is -1.46. The molecule has 98 valence electrons. The van der Waals surface area contributed by atoms with Crippen molar-refractivity contribution in [2.24, 2.45) is 0 Å². The number of aliphatic hydroxyl groups is 1. The van der Waals surface area contributed by atoms with Crippen LogP contribution >= 0.6 is 11.6 Å². The molecule has 1 aromatic carbocycles. The Balaban J connectivity index is 2.51. The van der Waals surface area contributed by atoms with E-state index >= 15 is 0 Å². The van der Waals surface area contributed by atoms with Crippen LogP contribution in [0, 0.1) is 6.92 Å². The first-order valence-electron chi connectivity index (χ1n) is 5.40. The average Bonchev–Trinajstić information content (AvgIpc) is 2.37. The van der Waals surface area contributed by atoms with Gasteiger partial charge in [0.25, 0.3) is 0 Å². The lowest BCUT2D eigenvalue weighted by atomic mass is 10.0. The molecule has 2 rings (SSSR count). The minimum absolute atomic E-state index is 0.183. The minimum atomic E-state index is -1.43. The topological polar surface area (TPSA) is 65.0 Å². The second kappa shape index (κ2) is 5.04. The fraction of sp³-hybridized carbons (Fsp3) is 0.417. The zero-order valence-electron chi connectivity index (χ0n) is 10.0. The predicted molar refractivity (Wildman–Crippen MR) is 64.2 cm³/mol. The Morgan fingerprint density at radius 2 is 2.17 bits per heavy atom. The fourth-order valence-corrected chi connectivity index (χ4v) is 2.25. The van der Waals surface area contributed by atoms with Crippen LogP contribution < -0.4 is 9.47 Å². The molecule has 5 nitrogen and oxygen atoms in total. The molecule has 0 saturated carbocycles. The lowest BCUT2D eigenvalue weighted by molar-refractivity contribution is -0.150. The second-order valence-corrected chi connectivity index (χ2v) is 4.25. The van der Waals surface area contributed by atoms with Crippen molar-refractivity contribution < 1.29 is 24.1 Å². The van der Waals surface area contributed by atoms with Gasteiger partial charge in [-0.2, -0.15) is 0 Å². The Labute approximate surface area is 109 Å². The van der Waals surface area contributed by atoms with Crippen molar-refractivity contribution in [2.45, 2.75) is 13.0 Å². The van der Waals surface area contributed by atoms with Gasteiger partial charge in [-0.3, -0.25) is 0 Å². The minimum Gasteiger partial charge on any atom is -0.486 e. The van der Waals surface area contributed by atoms with Crippen molar-refractivity contribution in [2.75, 3.05) is 20.3 Å². The molecule has 1 aliphatic heterocycles. The van der Waals surface area contributed by atoms with E-state index in [0.29, 0.717) is 30.3 Å². The lowest BCUT2D eigenvalue weighted by Crippen LogP contribution is -2.19. The van der Waals surface area contributed by atoms with E-state index in [1.165, 1.54) is 7.11 Å². The molecule has 0 bridgehead atoms. The number of carbonyl (C=O) groups excluding carboxylic acids is 1. The van der Waals surface area contributed by atoms with E-state index in [1.807, 2.05) is 0 Å². The highest BCUT2D eigenvalue weighted by Gasteiger charge is 2.28. The van der Waals surface area contributed by atoms with E-state index in [-0.39, 0.29) is 10.6 Å². The number of esters is 1. The van der Waals surface area contributed by atoms with Crippen LogP contribution in [-0.4, -0.2) is 31.4 Å². The summed E-state index contributed by atoms with van der Waals surface area (Å²) in [4.78, 5) is 11.4. The summed E-state index contributed by atoms with van der Waals surface area (Å²) in [6.07, 6.45) is -1.43. The highest BCUT2D eigenvalue weighted by Crippen LogP contribution is 2.43. The Morgan fingerprint density at radius 1 is 1.50 bits per heavy atom. The van der Waals surface area contributed by atoms with Crippen LogP contribution in [0.2, 0.25) is 5.02 Å². The number of aryl methyl sites for hydroxylation is 1. The molecule has 1 aliphatic rings. The third-order valence-corrected chi connectivity index (χ3v) is 3.09. The summed E-state index contributed by atoms with van der Waals surface area (Å²) < 4.78 is 15.3. The number of methoxy groups -OCH3 is 1. The SMILES string of the molecule is COC(=O)C(O)c1c(C)cc2c(c1Cl)OCCO2. The summed E-state index contributed by atoms with van der Waals surface area (Å²) in [5.41, 5.74) is 0.926. The normalized spacial score (nSPS) is 15.1. The molecule has 1 atom stereocenters. The van der Waals surface area contributed by atoms with Crippen LogP contribution in [0.5, 0.6) is 11.5 Å². The molecule has 1 N–H and O–H groups in total. The van der Waals surface area contributed by atoms with Gasteiger partial charge in [0.2, 0.25) is 0 Å². The van der Waals surface area contributed by atoms with Crippen LogP contribution in [0.1, 0.15) is 17.2 Å². The summed E-state index contributed by atoms with van der Waals surface area (Å²) in [5.74, 6) is 0.104. The molecule has 0 amide bonds. The molecule has 1 aromatic rings. The molecular formula is C12H13ClO5. The number of rotatable bonds is 2. The largest absolute Gasteiger partial charge is 0.486 e. The van der Waals surface area contributed by atoms with Crippen molar-refractivity contribution in [3.8, 4) is 11.5 Å². The zero-order chi connectivity index (χ0) is 13.3. The van der Waals surface area contributed by atoms with Gasteiger partial charge in [0.1, 0.15) is 13.2 Å². The first-order chi connectivity index (χ1) is 8.56. The van der Waals surface area contributed by atoms with Crippen molar-refractivity contribution in [1.82, 2.24) is 0 Å². The van der Waals surface area contributed by atoms with Crippen LogP contribution in [0.15, 0.2) is 6.07 Å². The highest BCUT2D eigenvalue weighted by molar-refractivity contribution is 6.33. The van der Waals surface area contributed by atoms with Gasteiger partial charge in [0, 0.05) is 5.56 Å². The monoisotopic (exact) mass is 272 g/mol. The molecule has 0 radical (unpaired) electrons. The number of hydrogen-bond donors (Lipinski definition) is 1. The lowest BCUT2D eigenvalue weighted by Gasteiger charge is -2.23. The number of aliphatic hydroxyl groups excluding tert-OH is 1. The van der Waals surface area contributed by atoms with Gasteiger partial charge < -0.3 is 19.3 Å². The predicted octanol–water partition coefficient (Wildman–Crippen LogP) is 1.63. The van der Waals surface area contributed by atoms with E-state index in [0.717, 1.165) is 0 Å². The van der Waals surface area contributed by atoms with E-state index in [4.69, 9.17) is 21.1 Å². The number of ether oxygens (including phenoxy) is 3. The summed E-state index contributed by atoms with van der Waals surface area (Å²) >= 11 is 6.16. The second-order valence-electron chi connectivity index (χ2n) is 3.87. The van der Waals surface area contributed by atoms with Gasteiger partial charge in [-0.15, -0.1) is 0 Å². The van der Waals surface area contributed by atoms with Gasteiger partial charge >= 0.3 is 5.97 Å². The number of halogens is 1. The maximum atomic E-state index is 11.4. The number of carbonyl (C=O) groups is 1. The first kappa shape index (κ1) is 13.0. The van der Waals surface area contributed by atoms with Crippen LogP contribution in [0.4, 0.5) is 0 Å². The number of benzene rings is 1. The molecule has 1 unspecified atom stereocenters. The summed E-state index contributed by atoms with van der Waals surface area (Å²) in [6.45, 7) is 2.55. The summed E-state index contributed by atoms with van der Waals surface area (Å²) in [7, 11) is 1.20. The summed E-state index contributed by atoms with van der Waals surface area (Å²) in [6, 6.07) is 1.68. The fourth-order valence-electron chi connectivity index (χ4n) is 1.85. The third kappa shape index (κ3) is 2.11. The van der Waals surface area contributed by atoms with E-state index < -0.39 is 12.1 Å². The van der Waals surface area contributed by atoms with E-state index in [2.05, 4.69) is 4.74 Å². The quantitative estimate of drug-likeness (QED) is 0.829. The molecular weight excluding hydrogens is 260 g/mol. The van der Waals surface area contributed by atoms with Gasteiger partial charge in [0.15, 0.2) is 17.6 Å². The Morgan fingerprint density at radius 3 is 2.83 bits per heavy atom. The molecule has 0 spiro atoms. The van der Waals surface area contributed by atoms with Gasteiger partial charge in [-0.25, -0.2) is 4.79 Å². The third-order valence-electron chi connectivity index (χ3n) is 2.72. The number of hydrogen-bond acceptors (Lipinski definition) is 5. The smallest absolute Gasteiger partial charge is 0.339 e. The van der Waals surface area contributed by atoms with Gasteiger partial charge in [-0.1, -0.05) is 11.6 Å². The molecule has 0 aromatic heterocycles. The summed E-state index contributed by atoms with van der Waals surface area (Å²) in [5, 5.41) is 10.1. The van der Waals surface area contributed by atoms with E-state index in [9.17, 15) is 9.90 Å². The van der Waals surface area contributed by atoms with Crippen molar-refractivity contribution in [1.29, 1.82) is 0 Å². The molecule has 18 heavy (non-hydrogen) atoms. The standard InChI is InChI=1S/C12H13ClO5/c1-6-5-7-11(18-4-3-17-7)9(13)8(6)10(14)12(15)16-2/h5,10,14H,3-4H2,1-2H3. The highest BCUT2D eigenvalue weighted by atomic mass is 35.5. The van der Waals surface area contributed by atoms with Crippen molar-refractivity contribution in [3.05, 3.63) is 22.2 Å². The van der Waals surface area contributed by atoms with Gasteiger partial charge in [-0.05, 0) is 18.6 Å². The molecule has 0 aliphatic carbocycles. The zero-order valence-corrected chi connectivity index (χ0v) is 10.8. The van der Waals surface area contributed by atoms with Gasteiger partial charge in [0.05, 0.1) is 12.1 Å². The van der Waals surface area contributed by atoms with Crippen LogP contribution in [0.3, 0.4) is 0 Å². The molecule has 0 fully saturated rings. The van der Waals surface area contributed by atoms with E-state index in [1.54, 1.807) is 13.0 Å². The van der Waals surface area contributed by atoms with Crippen molar-refractivity contribution in [3.63, 3.8) is 0 Å².